The minimum absolute atomic E-state index is 0.767. The van der Waals surface area contributed by atoms with E-state index >= 15 is 0 Å². The van der Waals surface area contributed by atoms with Gasteiger partial charge in [-0.05, 0) is 67.8 Å². The number of benzene rings is 2. The highest BCUT2D eigenvalue weighted by Gasteiger charge is 2.05. The van der Waals surface area contributed by atoms with Gasteiger partial charge in [0.15, 0.2) is 0 Å². The number of halogens is 3. The largest absolute Gasteiger partial charge is 0.0843 e. The highest BCUT2D eigenvalue weighted by molar-refractivity contribution is 14.1. The van der Waals surface area contributed by atoms with Crippen molar-refractivity contribution in [2.75, 3.05) is 0 Å². The van der Waals surface area contributed by atoms with Gasteiger partial charge in [-0.2, -0.15) is 0 Å². The maximum atomic E-state index is 5.97. The van der Waals surface area contributed by atoms with Crippen molar-refractivity contribution in [3.63, 3.8) is 0 Å². The molecule has 3 heteroatoms. The second kappa shape index (κ2) is 4.85. The number of hydrogen-bond donors (Lipinski definition) is 0. The maximum absolute atomic E-state index is 5.97. The molecule has 0 nitrogen and oxygen atoms in total. The molecule has 0 bridgehead atoms. The first-order valence-electron chi connectivity index (χ1n) is 4.38. The Hall–Kier alpha value is -0.0600. The van der Waals surface area contributed by atoms with E-state index in [4.69, 9.17) is 11.6 Å². The van der Waals surface area contributed by atoms with Crippen LogP contribution in [0.3, 0.4) is 0 Å². The Morgan fingerprint density at radius 3 is 2.53 bits per heavy atom. The Balaban J connectivity index is 2.59. The summed E-state index contributed by atoms with van der Waals surface area (Å²) < 4.78 is 2.32. The summed E-state index contributed by atoms with van der Waals surface area (Å²) in [6.07, 6.45) is 0. The normalized spacial score (nSPS) is 10.3. The van der Waals surface area contributed by atoms with Gasteiger partial charge in [0, 0.05) is 13.1 Å². The number of hydrogen-bond acceptors (Lipinski definition) is 0. The van der Waals surface area contributed by atoms with Crippen molar-refractivity contribution in [2.45, 2.75) is 0 Å². The molecule has 0 aliphatic rings. The Labute approximate surface area is 116 Å². The van der Waals surface area contributed by atoms with Crippen molar-refractivity contribution in [2.24, 2.45) is 0 Å². The third kappa shape index (κ3) is 2.55. The van der Waals surface area contributed by atoms with Crippen LogP contribution in [0.15, 0.2) is 46.9 Å². The average molecular weight is 393 g/mol. The Morgan fingerprint density at radius 1 is 1.07 bits per heavy atom. The van der Waals surface area contributed by atoms with Crippen molar-refractivity contribution in [3.05, 3.63) is 55.5 Å². The SMILES string of the molecule is Clc1cccc(-c2cccc(Br)c2I)c1. The molecule has 0 N–H and O–H groups in total. The topological polar surface area (TPSA) is 0 Å². The van der Waals surface area contributed by atoms with E-state index in [1.165, 1.54) is 9.13 Å². The van der Waals surface area contributed by atoms with Gasteiger partial charge in [0.2, 0.25) is 0 Å². The van der Waals surface area contributed by atoms with Crippen molar-refractivity contribution in [3.8, 4) is 11.1 Å². The van der Waals surface area contributed by atoms with Crippen molar-refractivity contribution in [1.29, 1.82) is 0 Å². The van der Waals surface area contributed by atoms with Crippen molar-refractivity contribution in [1.82, 2.24) is 0 Å². The molecule has 0 saturated heterocycles. The van der Waals surface area contributed by atoms with E-state index < -0.39 is 0 Å². The van der Waals surface area contributed by atoms with Crippen LogP contribution in [-0.2, 0) is 0 Å². The summed E-state index contributed by atoms with van der Waals surface area (Å²) in [5.74, 6) is 0. The molecule has 0 aliphatic carbocycles. The zero-order valence-corrected chi connectivity index (χ0v) is 12.2. The Bertz CT molecular complexity index is 497. The Kier molecular flexibility index (Phi) is 3.69. The van der Waals surface area contributed by atoms with E-state index in [9.17, 15) is 0 Å². The molecule has 0 fully saturated rings. The molecule has 0 unspecified atom stereocenters. The molecule has 0 atom stereocenters. The van der Waals surface area contributed by atoms with Gasteiger partial charge in [-0.3, -0.25) is 0 Å². The molecule has 0 aliphatic heterocycles. The summed E-state index contributed by atoms with van der Waals surface area (Å²) in [4.78, 5) is 0. The fourth-order valence-corrected chi connectivity index (χ4v) is 2.61. The summed E-state index contributed by atoms with van der Waals surface area (Å²) in [5, 5.41) is 0.767. The molecule has 0 radical (unpaired) electrons. The summed E-state index contributed by atoms with van der Waals surface area (Å²) in [7, 11) is 0. The van der Waals surface area contributed by atoms with Crippen LogP contribution in [0.5, 0.6) is 0 Å². The predicted octanol–water partition coefficient (Wildman–Crippen LogP) is 5.37. The van der Waals surface area contributed by atoms with Gasteiger partial charge in [0.25, 0.3) is 0 Å². The lowest BCUT2D eigenvalue weighted by Gasteiger charge is -2.06. The number of rotatable bonds is 1. The van der Waals surface area contributed by atoms with Crippen LogP contribution in [0.25, 0.3) is 11.1 Å². The molecule has 76 valence electrons. The summed E-state index contributed by atoms with van der Waals surface area (Å²) in [6, 6.07) is 14.1. The van der Waals surface area contributed by atoms with Gasteiger partial charge >= 0.3 is 0 Å². The van der Waals surface area contributed by atoms with Crippen LogP contribution in [0.1, 0.15) is 0 Å². The molecular weight excluding hydrogens is 386 g/mol. The van der Waals surface area contributed by atoms with Crippen LogP contribution in [0, 0.1) is 3.57 Å². The second-order valence-corrected chi connectivity index (χ2v) is 5.48. The molecule has 0 aromatic heterocycles. The molecule has 2 rings (SSSR count). The highest BCUT2D eigenvalue weighted by Crippen LogP contribution is 2.31. The van der Waals surface area contributed by atoms with Gasteiger partial charge in [-0.1, -0.05) is 35.9 Å². The first kappa shape index (κ1) is 11.4. The van der Waals surface area contributed by atoms with Crippen LogP contribution in [0.2, 0.25) is 5.02 Å². The van der Waals surface area contributed by atoms with Crippen LogP contribution in [0.4, 0.5) is 0 Å². The third-order valence-corrected chi connectivity index (χ3v) is 4.89. The van der Waals surface area contributed by atoms with Gasteiger partial charge < -0.3 is 0 Å². The third-order valence-electron chi connectivity index (χ3n) is 2.09. The Morgan fingerprint density at radius 2 is 1.80 bits per heavy atom. The minimum atomic E-state index is 0.767. The lowest BCUT2D eigenvalue weighted by Crippen LogP contribution is -1.83. The van der Waals surface area contributed by atoms with E-state index in [0.29, 0.717) is 0 Å². The van der Waals surface area contributed by atoms with Crippen LogP contribution < -0.4 is 0 Å². The van der Waals surface area contributed by atoms with E-state index in [-0.39, 0.29) is 0 Å². The molecule has 0 heterocycles. The fraction of sp³-hybridized carbons (Fsp3) is 0. The minimum Gasteiger partial charge on any atom is -0.0843 e. The molecule has 15 heavy (non-hydrogen) atoms. The first-order valence-corrected chi connectivity index (χ1v) is 6.63. The lowest BCUT2D eigenvalue weighted by atomic mass is 10.1. The molecule has 0 spiro atoms. The first-order chi connectivity index (χ1) is 7.18. The van der Waals surface area contributed by atoms with E-state index in [1.807, 2.05) is 30.3 Å². The molecule has 0 saturated carbocycles. The second-order valence-electron chi connectivity index (χ2n) is 3.11. The van der Waals surface area contributed by atoms with E-state index in [2.05, 4.69) is 50.7 Å². The van der Waals surface area contributed by atoms with Gasteiger partial charge in [0.1, 0.15) is 0 Å². The van der Waals surface area contributed by atoms with Crippen LogP contribution in [-0.4, -0.2) is 0 Å². The van der Waals surface area contributed by atoms with Gasteiger partial charge in [-0.25, -0.2) is 0 Å². The van der Waals surface area contributed by atoms with E-state index in [1.54, 1.807) is 0 Å². The van der Waals surface area contributed by atoms with Crippen molar-refractivity contribution < 1.29 is 0 Å². The maximum Gasteiger partial charge on any atom is 0.0412 e. The molecular formula is C12H7BrClI. The molecule has 2 aromatic rings. The summed E-state index contributed by atoms with van der Waals surface area (Å²) in [5.41, 5.74) is 2.35. The quantitative estimate of drug-likeness (QED) is 0.571. The summed E-state index contributed by atoms with van der Waals surface area (Å²) >= 11 is 11.8. The van der Waals surface area contributed by atoms with E-state index in [0.717, 1.165) is 15.1 Å². The lowest BCUT2D eigenvalue weighted by molar-refractivity contribution is 1.54. The van der Waals surface area contributed by atoms with Gasteiger partial charge in [-0.15, -0.1) is 0 Å². The average Bonchev–Trinajstić information content (AvgIpc) is 2.22. The van der Waals surface area contributed by atoms with Gasteiger partial charge in [0.05, 0.1) is 0 Å². The highest BCUT2D eigenvalue weighted by atomic mass is 127. The van der Waals surface area contributed by atoms with Crippen molar-refractivity contribution >= 4 is 50.1 Å². The standard InChI is InChI=1S/C12H7BrClI/c13-11-6-2-5-10(12(11)15)8-3-1-4-9(14)7-8/h1-7H. The summed E-state index contributed by atoms with van der Waals surface area (Å²) in [6.45, 7) is 0. The predicted molar refractivity (Wildman–Crippen MR) is 77.3 cm³/mol. The molecule has 0 amide bonds. The molecule has 2 aromatic carbocycles. The van der Waals surface area contributed by atoms with Crippen LogP contribution >= 0.6 is 50.1 Å². The fourth-order valence-electron chi connectivity index (χ4n) is 1.38. The zero-order chi connectivity index (χ0) is 10.8. The zero-order valence-electron chi connectivity index (χ0n) is 7.68. The smallest absolute Gasteiger partial charge is 0.0412 e. The monoisotopic (exact) mass is 392 g/mol.